The molecule has 1 heterocycles. The fourth-order valence-electron chi connectivity index (χ4n) is 0.365. The Balaban J connectivity index is 2.96. The van der Waals surface area contributed by atoms with Gasteiger partial charge in [0.25, 0.3) is 0 Å². The third-order valence-corrected chi connectivity index (χ3v) is 1.48. The molecular weight excluding hydrogens is 106 g/mol. The third-order valence-electron chi connectivity index (χ3n) is 0.670. The minimum Gasteiger partial charge on any atom is -0.158 e. The van der Waals surface area contributed by atoms with Gasteiger partial charge in [0, 0.05) is 4.88 Å². The van der Waals surface area contributed by atoms with E-state index in [4.69, 9.17) is 5.41 Å². The van der Waals surface area contributed by atoms with E-state index in [9.17, 15) is 0 Å². The maximum atomic E-state index is 8.31. The molecule has 0 aromatic carbocycles. The molecule has 0 fully saturated rings. The monoisotopic (exact) mass is 110 g/mol. The average Bonchev–Trinajstić information content (AvgIpc) is 2.14. The van der Waals surface area contributed by atoms with Crippen LogP contribution in [0.3, 0.4) is 0 Å². The molecule has 7 heavy (non-hydrogen) atoms. The summed E-state index contributed by atoms with van der Waals surface area (Å²) in [5, 5.41) is 10.2. The molecule has 35 valence electrons. The molecule has 0 aliphatic rings. The minimum absolute atomic E-state index is 0.903. The number of rotatable bonds is 1. The molecular formula is C5H4NS. The van der Waals surface area contributed by atoms with E-state index in [0.29, 0.717) is 0 Å². The Morgan fingerprint density at radius 1 is 1.71 bits per heavy atom. The maximum Gasteiger partial charge on any atom is 0.0667 e. The first-order valence-electron chi connectivity index (χ1n) is 1.94. The van der Waals surface area contributed by atoms with E-state index in [1.807, 2.05) is 17.5 Å². The van der Waals surface area contributed by atoms with Crippen LogP contribution in [0.25, 0.3) is 0 Å². The summed E-state index contributed by atoms with van der Waals surface area (Å²) in [6, 6.07) is 3.75. The molecule has 0 bridgehead atoms. The molecule has 1 radical (unpaired) electrons. The zero-order valence-corrected chi connectivity index (χ0v) is 4.48. The van der Waals surface area contributed by atoms with E-state index in [2.05, 4.69) is 0 Å². The van der Waals surface area contributed by atoms with Gasteiger partial charge in [-0.1, -0.05) is 6.07 Å². The fraction of sp³-hybridized carbons (Fsp3) is 0. The van der Waals surface area contributed by atoms with Crippen LogP contribution in [0.2, 0.25) is 0 Å². The summed E-state index contributed by atoms with van der Waals surface area (Å²) in [5.41, 5.74) is 0. The van der Waals surface area contributed by atoms with Crippen LogP contribution >= 0.6 is 11.3 Å². The van der Waals surface area contributed by atoms with Crippen LogP contribution in [-0.4, -0.2) is 6.21 Å². The molecule has 0 aliphatic heterocycles. The summed E-state index contributed by atoms with van der Waals surface area (Å²) in [6.07, 6.45) is 1.10. The van der Waals surface area contributed by atoms with Gasteiger partial charge in [-0.2, -0.15) is 5.41 Å². The van der Waals surface area contributed by atoms with Crippen LogP contribution in [0, 0.1) is 0 Å². The molecule has 0 unspecified atom stereocenters. The van der Waals surface area contributed by atoms with Gasteiger partial charge in [-0.15, -0.1) is 11.3 Å². The molecule has 0 saturated heterocycles. The number of hydrogen-bond acceptors (Lipinski definition) is 1. The summed E-state index contributed by atoms with van der Waals surface area (Å²) in [5.74, 6) is 0. The first-order valence-corrected chi connectivity index (χ1v) is 2.82. The van der Waals surface area contributed by atoms with Crippen LogP contribution in [0.15, 0.2) is 17.5 Å². The zero-order valence-electron chi connectivity index (χ0n) is 3.66. The second-order valence-electron chi connectivity index (χ2n) is 1.14. The highest BCUT2D eigenvalue weighted by atomic mass is 32.1. The molecule has 0 amide bonds. The average molecular weight is 110 g/mol. The lowest BCUT2D eigenvalue weighted by Crippen LogP contribution is -1.66. The van der Waals surface area contributed by atoms with E-state index >= 15 is 0 Å². The Labute approximate surface area is 46.1 Å². The Bertz CT molecular complexity index is 143. The van der Waals surface area contributed by atoms with E-state index < -0.39 is 0 Å². The highest BCUT2D eigenvalue weighted by molar-refractivity contribution is 7.11. The summed E-state index contributed by atoms with van der Waals surface area (Å²) >= 11 is 1.52. The molecule has 1 aromatic rings. The van der Waals surface area contributed by atoms with Crippen molar-refractivity contribution in [2.24, 2.45) is 0 Å². The molecule has 1 rings (SSSR count). The highest BCUT2D eigenvalue weighted by Crippen LogP contribution is 2.02. The van der Waals surface area contributed by atoms with E-state index in [0.717, 1.165) is 11.1 Å². The SMILES string of the molecule is [N]=Cc1cccs1. The third kappa shape index (κ3) is 0.871. The van der Waals surface area contributed by atoms with Crippen molar-refractivity contribution >= 4 is 17.6 Å². The second-order valence-corrected chi connectivity index (χ2v) is 2.12. The zero-order chi connectivity index (χ0) is 5.11. The van der Waals surface area contributed by atoms with Crippen molar-refractivity contribution < 1.29 is 0 Å². The van der Waals surface area contributed by atoms with Gasteiger partial charge in [0.15, 0.2) is 0 Å². The lowest BCUT2D eigenvalue weighted by atomic mass is 10.5. The summed E-state index contributed by atoms with van der Waals surface area (Å²) in [7, 11) is 0. The summed E-state index contributed by atoms with van der Waals surface area (Å²) in [4.78, 5) is 0.903. The number of nitrogens with zero attached hydrogens (tertiary/aromatic N) is 1. The lowest BCUT2D eigenvalue weighted by molar-refractivity contribution is 1.87. The van der Waals surface area contributed by atoms with Crippen molar-refractivity contribution in [1.82, 2.24) is 5.41 Å². The molecule has 1 aromatic heterocycles. The van der Waals surface area contributed by atoms with Crippen molar-refractivity contribution in [1.29, 1.82) is 0 Å². The molecule has 0 N–H and O–H groups in total. The largest absolute Gasteiger partial charge is 0.158 e. The van der Waals surface area contributed by atoms with Gasteiger partial charge in [-0.05, 0) is 11.4 Å². The quantitative estimate of drug-likeness (QED) is 0.481. The van der Waals surface area contributed by atoms with Crippen molar-refractivity contribution in [3.63, 3.8) is 0 Å². The van der Waals surface area contributed by atoms with Gasteiger partial charge in [-0.3, -0.25) is 0 Å². The first kappa shape index (κ1) is 4.53. The van der Waals surface area contributed by atoms with Gasteiger partial charge < -0.3 is 0 Å². The molecule has 0 atom stereocenters. The molecule has 0 aliphatic carbocycles. The predicted octanol–water partition coefficient (Wildman–Crippen LogP) is 0.967. The molecule has 0 saturated carbocycles. The summed E-state index contributed by atoms with van der Waals surface area (Å²) in [6.45, 7) is 0. The summed E-state index contributed by atoms with van der Waals surface area (Å²) < 4.78 is 0. The van der Waals surface area contributed by atoms with E-state index in [1.54, 1.807) is 0 Å². The Kier molecular flexibility index (Phi) is 1.22. The predicted molar refractivity (Wildman–Crippen MR) is 31.6 cm³/mol. The van der Waals surface area contributed by atoms with Gasteiger partial charge in [0.1, 0.15) is 0 Å². The lowest BCUT2D eigenvalue weighted by Gasteiger charge is -1.68. The van der Waals surface area contributed by atoms with Gasteiger partial charge in [0.05, 0.1) is 6.21 Å². The maximum absolute atomic E-state index is 8.31. The standard InChI is InChI=1S/C5H4NS/c6-4-5-2-1-3-7-5/h1-4H. The molecule has 2 heteroatoms. The van der Waals surface area contributed by atoms with Crippen LogP contribution in [0.1, 0.15) is 4.88 Å². The van der Waals surface area contributed by atoms with Crippen molar-refractivity contribution in [2.45, 2.75) is 0 Å². The van der Waals surface area contributed by atoms with Crippen LogP contribution in [0.4, 0.5) is 0 Å². The van der Waals surface area contributed by atoms with Gasteiger partial charge in [0.2, 0.25) is 0 Å². The topological polar surface area (TPSA) is 22.3 Å². The van der Waals surface area contributed by atoms with Crippen molar-refractivity contribution in [2.75, 3.05) is 0 Å². The highest BCUT2D eigenvalue weighted by Gasteiger charge is 1.80. The van der Waals surface area contributed by atoms with E-state index in [1.165, 1.54) is 11.3 Å². The Morgan fingerprint density at radius 3 is 2.86 bits per heavy atom. The van der Waals surface area contributed by atoms with Gasteiger partial charge >= 0.3 is 0 Å². The van der Waals surface area contributed by atoms with Crippen molar-refractivity contribution in [3.8, 4) is 0 Å². The molecule has 1 nitrogen and oxygen atoms in total. The van der Waals surface area contributed by atoms with E-state index in [-0.39, 0.29) is 0 Å². The van der Waals surface area contributed by atoms with Gasteiger partial charge in [-0.25, -0.2) is 0 Å². The first-order chi connectivity index (χ1) is 3.43. The molecule has 0 spiro atoms. The van der Waals surface area contributed by atoms with Crippen LogP contribution < -0.4 is 5.41 Å². The van der Waals surface area contributed by atoms with Crippen molar-refractivity contribution in [3.05, 3.63) is 22.4 Å². The fourth-order valence-corrected chi connectivity index (χ4v) is 0.897. The van der Waals surface area contributed by atoms with Crippen LogP contribution in [0.5, 0.6) is 0 Å². The Morgan fingerprint density at radius 2 is 2.57 bits per heavy atom. The normalized spacial score (nSPS) is 8.57. The van der Waals surface area contributed by atoms with Crippen LogP contribution in [-0.2, 0) is 0 Å². The minimum atomic E-state index is 0.903. The number of hydrogen-bond donors (Lipinski definition) is 0. The smallest absolute Gasteiger partial charge is 0.0667 e. The Hall–Kier alpha value is -0.630. The number of thiophene rings is 1. The second kappa shape index (κ2) is 1.89.